The van der Waals surface area contributed by atoms with Crippen LogP contribution in [-0.4, -0.2) is 29.5 Å². The van der Waals surface area contributed by atoms with Crippen LogP contribution in [-0.2, 0) is 9.59 Å². The molecule has 5 nitrogen and oxygen atoms in total. The van der Waals surface area contributed by atoms with E-state index in [1.807, 2.05) is 0 Å². The number of hydrogen-bond donors (Lipinski definition) is 3. The Morgan fingerprint density at radius 3 is 2.59 bits per heavy atom. The molecule has 0 saturated heterocycles. The lowest BCUT2D eigenvalue weighted by Crippen LogP contribution is -2.39. The zero-order chi connectivity index (χ0) is 16.7. The van der Waals surface area contributed by atoms with Crippen molar-refractivity contribution in [3.8, 4) is 12.3 Å². The van der Waals surface area contributed by atoms with E-state index in [4.69, 9.17) is 6.42 Å². The van der Waals surface area contributed by atoms with Crippen LogP contribution in [0.1, 0.15) is 25.0 Å². The number of benzene rings is 1. The van der Waals surface area contributed by atoms with Crippen molar-refractivity contribution in [3.05, 3.63) is 35.4 Å². The topological polar surface area (TPSA) is 78.4 Å². The second-order valence-corrected chi connectivity index (χ2v) is 4.63. The number of carbonyl (C=O) groups is 2. The van der Waals surface area contributed by atoms with Gasteiger partial charge in [0.15, 0.2) is 11.6 Å². The van der Waals surface area contributed by atoms with Gasteiger partial charge in [-0.15, -0.1) is 6.42 Å². The predicted molar refractivity (Wildman–Crippen MR) is 75.4 cm³/mol. The maximum absolute atomic E-state index is 13.1. The standard InChI is InChI=1S/C15H16F2N2O3/c1-3-6-18-13(20)8-14(21)19-9(2)15(22)10-4-5-11(16)12(17)7-10/h1,4-5,7,9,15,22H,6,8H2,2H3,(H,18,20)(H,19,21). The van der Waals surface area contributed by atoms with E-state index in [0.717, 1.165) is 12.1 Å². The molecule has 0 saturated carbocycles. The fraction of sp³-hybridized carbons (Fsp3) is 0.333. The molecule has 0 aliphatic carbocycles. The van der Waals surface area contributed by atoms with E-state index >= 15 is 0 Å². The van der Waals surface area contributed by atoms with Crippen LogP contribution in [0.2, 0.25) is 0 Å². The summed E-state index contributed by atoms with van der Waals surface area (Å²) < 4.78 is 25.9. The summed E-state index contributed by atoms with van der Waals surface area (Å²) >= 11 is 0. The van der Waals surface area contributed by atoms with Crippen molar-refractivity contribution in [2.75, 3.05) is 6.54 Å². The third-order valence-electron chi connectivity index (χ3n) is 2.86. The number of amides is 2. The number of hydrogen-bond acceptors (Lipinski definition) is 3. The normalized spacial score (nSPS) is 12.9. The Morgan fingerprint density at radius 1 is 1.32 bits per heavy atom. The highest BCUT2D eigenvalue weighted by Gasteiger charge is 2.20. The van der Waals surface area contributed by atoms with Crippen LogP contribution in [0.4, 0.5) is 8.78 Å². The smallest absolute Gasteiger partial charge is 0.230 e. The Hall–Kier alpha value is -2.46. The third kappa shape index (κ3) is 5.14. The largest absolute Gasteiger partial charge is 0.386 e. The first-order valence-electron chi connectivity index (χ1n) is 6.47. The molecule has 1 rings (SSSR count). The van der Waals surface area contributed by atoms with Crippen LogP contribution in [0.25, 0.3) is 0 Å². The minimum Gasteiger partial charge on any atom is -0.386 e. The molecular weight excluding hydrogens is 294 g/mol. The molecule has 1 aromatic rings. The van der Waals surface area contributed by atoms with Crippen LogP contribution in [0.5, 0.6) is 0 Å². The highest BCUT2D eigenvalue weighted by atomic mass is 19.2. The minimum atomic E-state index is -1.24. The molecule has 0 spiro atoms. The average molecular weight is 310 g/mol. The van der Waals surface area contributed by atoms with Gasteiger partial charge in [-0.3, -0.25) is 9.59 Å². The molecule has 118 valence electrons. The van der Waals surface area contributed by atoms with Crippen LogP contribution in [0, 0.1) is 24.0 Å². The molecule has 1 aromatic carbocycles. The molecule has 2 atom stereocenters. The Balaban J connectivity index is 2.58. The van der Waals surface area contributed by atoms with Gasteiger partial charge in [-0.2, -0.15) is 0 Å². The highest BCUT2D eigenvalue weighted by Crippen LogP contribution is 2.19. The minimum absolute atomic E-state index is 0.0130. The molecule has 7 heteroatoms. The summed E-state index contributed by atoms with van der Waals surface area (Å²) in [4.78, 5) is 22.9. The van der Waals surface area contributed by atoms with Crippen molar-refractivity contribution in [3.63, 3.8) is 0 Å². The van der Waals surface area contributed by atoms with Gasteiger partial charge in [0.1, 0.15) is 6.42 Å². The first kappa shape index (κ1) is 17.6. The van der Waals surface area contributed by atoms with Gasteiger partial charge in [-0.25, -0.2) is 8.78 Å². The van der Waals surface area contributed by atoms with Gasteiger partial charge in [0.05, 0.1) is 18.7 Å². The van der Waals surface area contributed by atoms with Gasteiger partial charge >= 0.3 is 0 Å². The van der Waals surface area contributed by atoms with Crippen molar-refractivity contribution < 1.29 is 23.5 Å². The van der Waals surface area contributed by atoms with E-state index in [1.54, 1.807) is 0 Å². The molecule has 0 fully saturated rings. The maximum atomic E-state index is 13.1. The summed E-state index contributed by atoms with van der Waals surface area (Å²) in [5.41, 5.74) is 0.114. The highest BCUT2D eigenvalue weighted by molar-refractivity contribution is 5.97. The Morgan fingerprint density at radius 2 is 2.00 bits per heavy atom. The zero-order valence-electron chi connectivity index (χ0n) is 11.9. The van der Waals surface area contributed by atoms with E-state index in [-0.39, 0.29) is 12.1 Å². The molecule has 22 heavy (non-hydrogen) atoms. The second kappa shape index (κ2) is 8.10. The third-order valence-corrected chi connectivity index (χ3v) is 2.86. The van der Waals surface area contributed by atoms with Crippen LogP contribution in [0.3, 0.4) is 0 Å². The molecule has 3 N–H and O–H groups in total. The maximum Gasteiger partial charge on any atom is 0.230 e. The van der Waals surface area contributed by atoms with E-state index in [0.29, 0.717) is 0 Å². The van der Waals surface area contributed by atoms with Crippen LogP contribution >= 0.6 is 0 Å². The summed E-state index contributed by atoms with van der Waals surface area (Å²) in [6.45, 7) is 1.49. The summed E-state index contributed by atoms with van der Waals surface area (Å²) in [6.07, 6.45) is 3.27. The fourth-order valence-corrected chi connectivity index (χ4v) is 1.73. The quantitative estimate of drug-likeness (QED) is 0.533. The molecule has 0 aliphatic rings. The van der Waals surface area contributed by atoms with Crippen molar-refractivity contribution in [1.29, 1.82) is 0 Å². The predicted octanol–water partition coefficient (Wildman–Crippen LogP) is 0.642. The fourth-order valence-electron chi connectivity index (χ4n) is 1.73. The van der Waals surface area contributed by atoms with Gasteiger partial charge < -0.3 is 15.7 Å². The molecular formula is C15H16F2N2O3. The van der Waals surface area contributed by atoms with E-state index in [9.17, 15) is 23.5 Å². The van der Waals surface area contributed by atoms with Gasteiger partial charge in [0.25, 0.3) is 0 Å². The van der Waals surface area contributed by atoms with Gasteiger partial charge in [0.2, 0.25) is 11.8 Å². The van der Waals surface area contributed by atoms with E-state index in [1.165, 1.54) is 13.0 Å². The number of aliphatic hydroxyl groups is 1. The summed E-state index contributed by atoms with van der Waals surface area (Å²) in [7, 11) is 0. The lowest BCUT2D eigenvalue weighted by molar-refractivity contribution is -0.129. The van der Waals surface area contributed by atoms with Crippen LogP contribution < -0.4 is 10.6 Å². The monoisotopic (exact) mass is 310 g/mol. The first-order valence-corrected chi connectivity index (χ1v) is 6.47. The number of terminal acetylenes is 1. The van der Waals surface area contributed by atoms with Crippen molar-refractivity contribution in [1.82, 2.24) is 10.6 Å². The number of nitrogens with one attached hydrogen (secondary N) is 2. The van der Waals surface area contributed by atoms with Crippen LogP contribution in [0.15, 0.2) is 18.2 Å². The van der Waals surface area contributed by atoms with E-state index < -0.39 is 42.0 Å². The first-order chi connectivity index (χ1) is 10.3. The molecule has 0 radical (unpaired) electrons. The summed E-state index contributed by atoms with van der Waals surface area (Å²) in [5.74, 6) is -1.10. The summed E-state index contributed by atoms with van der Waals surface area (Å²) in [5, 5.41) is 14.7. The Labute approximate surface area is 126 Å². The van der Waals surface area contributed by atoms with Crippen molar-refractivity contribution in [2.45, 2.75) is 25.5 Å². The molecule has 0 bridgehead atoms. The van der Waals surface area contributed by atoms with Crippen molar-refractivity contribution >= 4 is 11.8 Å². The molecule has 2 unspecified atom stereocenters. The number of aliphatic hydroxyl groups excluding tert-OH is 1. The lowest BCUT2D eigenvalue weighted by Gasteiger charge is -2.20. The second-order valence-electron chi connectivity index (χ2n) is 4.63. The zero-order valence-corrected chi connectivity index (χ0v) is 11.9. The molecule has 0 aromatic heterocycles. The summed E-state index contributed by atoms with van der Waals surface area (Å²) in [6, 6.07) is 2.15. The molecule has 2 amide bonds. The lowest BCUT2D eigenvalue weighted by atomic mass is 10.0. The Bertz CT molecular complexity index is 599. The average Bonchev–Trinajstić information content (AvgIpc) is 2.46. The van der Waals surface area contributed by atoms with E-state index in [2.05, 4.69) is 16.6 Å². The van der Waals surface area contributed by atoms with Gasteiger partial charge in [-0.05, 0) is 24.6 Å². The molecule has 0 aliphatic heterocycles. The number of carbonyl (C=O) groups excluding carboxylic acids is 2. The Kier molecular flexibility index (Phi) is 6.47. The van der Waals surface area contributed by atoms with Crippen molar-refractivity contribution in [2.24, 2.45) is 0 Å². The van der Waals surface area contributed by atoms with Gasteiger partial charge in [-0.1, -0.05) is 12.0 Å². The molecule has 0 heterocycles. The van der Waals surface area contributed by atoms with Gasteiger partial charge in [0, 0.05) is 0 Å². The number of halogens is 2. The number of rotatable bonds is 6. The SMILES string of the molecule is C#CCNC(=O)CC(=O)NC(C)C(O)c1ccc(F)c(F)c1.